The average Bonchev–Trinajstić information content (AvgIpc) is 2.75. The SMILES string of the molecule is Cc1ccc(N2CCC(C(=O)N3CCN(c4ccc(F)cc4)CC3)CC2)nn1. The number of aromatic nitrogens is 2. The maximum atomic E-state index is 13.1. The summed E-state index contributed by atoms with van der Waals surface area (Å²) in [5.41, 5.74) is 1.93. The molecule has 2 saturated heterocycles. The summed E-state index contributed by atoms with van der Waals surface area (Å²) < 4.78 is 13.1. The number of amides is 1. The highest BCUT2D eigenvalue weighted by molar-refractivity contribution is 5.79. The molecule has 2 aromatic rings. The van der Waals surface area contributed by atoms with Gasteiger partial charge in [0.15, 0.2) is 5.82 Å². The van der Waals surface area contributed by atoms with Gasteiger partial charge < -0.3 is 14.7 Å². The Morgan fingerprint density at radius 2 is 1.57 bits per heavy atom. The third-order valence-electron chi connectivity index (χ3n) is 5.74. The summed E-state index contributed by atoms with van der Waals surface area (Å²) in [5.74, 6) is 1.03. The third-order valence-corrected chi connectivity index (χ3v) is 5.74. The molecule has 3 heterocycles. The molecule has 6 nitrogen and oxygen atoms in total. The van der Waals surface area contributed by atoms with Crippen LogP contribution in [0.1, 0.15) is 18.5 Å². The van der Waals surface area contributed by atoms with Crippen LogP contribution in [0.15, 0.2) is 36.4 Å². The number of nitrogens with zero attached hydrogens (tertiary/aromatic N) is 5. The second-order valence-corrected chi connectivity index (χ2v) is 7.58. The molecule has 28 heavy (non-hydrogen) atoms. The first-order valence-electron chi connectivity index (χ1n) is 9.95. The second kappa shape index (κ2) is 8.12. The molecule has 1 amide bonds. The molecule has 0 atom stereocenters. The summed E-state index contributed by atoms with van der Waals surface area (Å²) in [6.45, 7) is 6.62. The Balaban J connectivity index is 1.28. The maximum Gasteiger partial charge on any atom is 0.225 e. The van der Waals surface area contributed by atoms with Gasteiger partial charge in [0.25, 0.3) is 0 Å². The monoisotopic (exact) mass is 383 g/mol. The van der Waals surface area contributed by atoms with Crippen molar-refractivity contribution in [3.8, 4) is 0 Å². The minimum absolute atomic E-state index is 0.0898. The first kappa shape index (κ1) is 18.7. The van der Waals surface area contributed by atoms with Crippen molar-refractivity contribution >= 4 is 17.4 Å². The normalized spacial score (nSPS) is 18.4. The van der Waals surface area contributed by atoms with E-state index in [9.17, 15) is 9.18 Å². The van der Waals surface area contributed by atoms with Crippen molar-refractivity contribution in [3.05, 3.63) is 47.9 Å². The molecular weight excluding hydrogens is 357 g/mol. The lowest BCUT2D eigenvalue weighted by atomic mass is 9.95. The number of hydrogen-bond donors (Lipinski definition) is 0. The molecule has 0 spiro atoms. The van der Waals surface area contributed by atoms with Gasteiger partial charge in [0, 0.05) is 50.9 Å². The number of carbonyl (C=O) groups excluding carboxylic acids is 1. The van der Waals surface area contributed by atoms with Crippen molar-refractivity contribution in [1.29, 1.82) is 0 Å². The molecule has 0 N–H and O–H groups in total. The van der Waals surface area contributed by atoms with E-state index in [-0.39, 0.29) is 17.6 Å². The van der Waals surface area contributed by atoms with E-state index in [0.717, 1.165) is 69.3 Å². The van der Waals surface area contributed by atoms with Gasteiger partial charge in [-0.25, -0.2) is 4.39 Å². The highest BCUT2D eigenvalue weighted by Crippen LogP contribution is 2.24. The number of hydrogen-bond acceptors (Lipinski definition) is 5. The van der Waals surface area contributed by atoms with Gasteiger partial charge in [0.1, 0.15) is 5.82 Å². The molecule has 1 aromatic carbocycles. The highest BCUT2D eigenvalue weighted by Gasteiger charge is 2.30. The number of anilines is 2. The summed E-state index contributed by atoms with van der Waals surface area (Å²) in [7, 11) is 0. The molecule has 2 aliphatic heterocycles. The van der Waals surface area contributed by atoms with E-state index in [1.807, 2.05) is 24.0 Å². The van der Waals surface area contributed by atoms with Crippen molar-refractivity contribution in [2.24, 2.45) is 5.92 Å². The van der Waals surface area contributed by atoms with Crippen LogP contribution in [-0.4, -0.2) is 60.3 Å². The number of benzene rings is 1. The van der Waals surface area contributed by atoms with Crippen molar-refractivity contribution in [2.75, 3.05) is 49.1 Å². The van der Waals surface area contributed by atoms with Gasteiger partial charge >= 0.3 is 0 Å². The van der Waals surface area contributed by atoms with Gasteiger partial charge in [0.2, 0.25) is 5.91 Å². The predicted octanol–water partition coefficient (Wildman–Crippen LogP) is 2.49. The second-order valence-electron chi connectivity index (χ2n) is 7.58. The van der Waals surface area contributed by atoms with Crippen LogP contribution in [0.4, 0.5) is 15.9 Å². The number of rotatable bonds is 3. The van der Waals surface area contributed by atoms with Crippen LogP contribution in [0, 0.1) is 18.7 Å². The van der Waals surface area contributed by atoms with Gasteiger partial charge in [-0.05, 0) is 56.2 Å². The molecule has 2 fully saturated rings. The number of aryl methyl sites for hydroxylation is 1. The van der Waals surface area contributed by atoms with Gasteiger partial charge in [-0.15, -0.1) is 5.10 Å². The Hall–Kier alpha value is -2.70. The molecular formula is C21H26FN5O. The van der Waals surface area contributed by atoms with E-state index in [1.54, 1.807) is 12.1 Å². The van der Waals surface area contributed by atoms with Gasteiger partial charge in [-0.1, -0.05) is 0 Å². The Bertz CT molecular complexity index is 727. The van der Waals surface area contributed by atoms with Crippen LogP contribution in [0.2, 0.25) is 0 Å². The van der Waals surface area contributed by atoms with E-state index in [0.29, 0.717) is 0 Å². The first-order valence-corrected chi connectivity index (χ1v) is 9.95. The zero-order valence-corrected chi connectivity index (χ0v) is 16.2. The summed E-state index contributed by atoms with van der Waals surface area (Å²) >= 11 is 0. The fourth-order valence-electron chi connectivity index (χ4n) is 4.01. The number of carbonyl (C=O) groups is 1. The average molecular weight is 383 g/mol. The predicted molar refractivity (Wildman–Crippen MR) is 107 cm³/mol. The van der Waals surface area contributed by atoms with Crippen LogP contribution in [-0.2, 0) is 4.79 Å². The molecule has 0 bridgehead atoms. The van der Waals surface area contributed by atoms with E-state index < -0.39 is 0 Å². The molecule has 4 rings (SSSR count). The van der Waals surface area contributed by atoms with Crippen LogP contribution < -0.4 is 9.80 Å². The number of halogens is 1. The summed E-state index contributed by atoms with van der Waals surface area (Å²) in [6.07, 6.45) is 1.71. The molecule has 1 aromatic heterocycles. The smallest absolute Gasteiger partial charge is 0.225 e. The van der Waals surface area contributed by atoms with E-state index in [2.05, 4.69) is 20.0 Å². The minimum Gasteiger partial charge on any atom is -0.368 e. The minimum atomic E-state index is -0.222. The van der Waals surface area contributed by atoms with Crippen molar-refractivity contribution < 1.29 is 9.18 Å². The zero-order chi connectivity index (χ0) is 19.5. The van der Waals surface area contributed by atoms with Crippen LogP contribution in [0.5, 0.6) is 0 Å². The first-order chi connectivity index (χ1) is 13.6. The van der Waals surface area contributed by atoms with Crippen LogP contribution >= 0.6 is 0 Å². The van der Waals surface area contributed by atoms with E-state index >= 15 is 0 Å². The molecule has 2 aliphatic rings. The van der Waals surface area contributed by atoms with Crippen molar-refractivity contribution in [3.63, 3.8) is 0 Å². The molecule has 7 heteroatoms. The zero-order valence-electron chi connectivity index (χ0n) is 16.2. The highest BCUT2D eigenvalue weighted by atomic mass is 19.1. The van der Waals surface area contributed by atoms with Gasteiger partial charge in [0.05, 0.1) is 5.69 Å². The third kappa shape index (κ3) is 4.08. The van der Waals surface area contributed by atoms with E-state index in [4.69, 9.17) is 0 Å². The Morgan fingerprint density at radius 1 is 0.893 bits per heavy atom. The maximum absolute atomic E-state index is 13.1. The number of piperidine rings is 1. The lowest BCUT2D eigenvalue weighted by Crippen LogP contribution is -2.51. The molecule has 0 aliphatic carbocycles. The molecule has 0 saturated carbocycles. The quantitative estimate of drug-likeness (QED) is 0.815. The summed E-state index contributed by atoms with van der Waals surface area (Å²) in [5, 5.41) is 8.38. The van der Waals surface area contributed by atoms with Crippen molar-refractivity contribution in [2.45, 2.75) is 19.8 Å². The molecule has 0 radical (unpaired) electrons. The standard InChI is InChI=1S/C21H26FN5O/c1-16-2-7-20(24-23-16)26-10-8-17(9-11-26)21(28)27-14-12-25(13-15-27)19-5-3-18(22)4-6-19/h2-7,17H,8-15H2,1H3. The fraction of sp³-hybridized carbons (Fsp3) is 0.476. The lowest BCUT2D eigenvalue weighted by molar-refractivity contribution is -0.136. The summed E-state index contributed by atoms with van der Waals surface area (Å²) in [6, 6.07) is 10.5. The fourth-order valence-corrected chi connectivity index (χ4v) is 4.01. The van der Waals surface area contributed by atoms with E-state index in [1.165, 1.54) is 12.1 Å². The van der Waals surface area contributed by atoms with Gasteiger partial charge in [-0.2, -0.15) is 5.10 Å². The number of piperazine rings is 1. The Morgan fingerprint density at radius 3 is 2.18 bits per heavy atom. The van der Waals surface area contributed by atoms with Crippen LogP contribution in [0.3, 0.4) is 0 Å². The molecule has 0 unspecified atom stereocenters. The largest absolute Gasteiger partial charge is 0.368 e. The topological polar surface area (TPSA) is 52.6 Å². The molecule has 148 valence electrons. The Labute approximate surface area is 165 Å². The summed E-state index contributed by atoms with van der Waals surface area (Å²) in [4.78, 5) is 19.4. The van der Waals surface area contributed by atoms with Gasteiger partial charge in [-0.3, -0.25) is 4.79 Å². The lowest BCUT2D eigenvalue weighted by Gasteiger charge is -2.39. The van der Waals surface area contributed by atoms with Crippen molar-refractivity contribution in [1.82, 2.24) is 15.1 Å². The Kier molecular flexibility index (Phi) is 5.41. The van der Waals surface area contributed by atoms with Crippen LogP contribution in [0.25, 0.3) is 0 Å².